The third kappa shape index (κ3) is 10.3. The Hall–Kier alpha value is -10.9. The Morgan fingerprint density at radius 1 is 0.273 bits per heavy atom. The normalized spacial score (nSPS) is 11.4. The number of fused-ring (bicyclic) bond motifs is 11. The molecule has 17 aromatic rings. The quantitative estimate of drug-likeness (QED) is 0.146. The molecule has 0 atom stereocenters. The van der Waals surface area contributed by atoms with E-state index in [2.05, 4.69) is 136 Å². The van der Waals surface area contributed by atoms with Crippen molar-refractivity contribution in [2.45, 2.75) is 0 Å². The first-order valence-electron chi connectivity index (χ1n) is 28.3. The molecule has 0 saturated heterocycles. The summed E-state index contributed by atoms with van der Waals surface area (Å²) in [5.41, 5.74) is 13.2. The monoisotopic (exact) mass is 1180 g/mol. The van der Waals surface area contributed by atoms with E-state index in [0.29, 0.717) is 34.3 Å². The molecule has 0 saturated carbocycles. The number of halogens is 2. The van der Waals surface area contributed by atoms with Gasteiger partial charge in [-0.2, -0.15) is 15.0 Å². The average molecular weight is 1180 g/mol. The van der Waals surface area contributed by atoms with Crippen molar-refractivity contribution in [1.29, 1.82) is 0 Å². The van der Waals surface area contributed by atoms with Crippen LogP contribution in [-0.4, -0.2) is 47.1 Å². The predicted octanol–water partition coefficient (Wildman–Crippen LogP) is 18.4. The molecule has 2 N–H and O–H groups in total. The highest BCUT2D eigenvalue weighted by Crippen LogP contribution is 2.40. The van der Waals surface area contributed by atoms with Gasteiger partial charge in [-0.25, -0.2) is 15.0 Å². The van der Waals surface area contributed by atoms with E-state index >= 15 is 0 Å². The summed E-state index contributed by atoms with van der Waals surface area (Å²) in [6, 6.07) is 87.2. The van der Waals surface area contributed by atoms with Crippen LogP contribution in [0.15, 0.2) is 274 Å². The summed E-state index contributed by atoms with van der Waals surface area (Å²) >= 11 is 11.7. The van der Waals surface area contributed by atoms with Crippen LogP contribution < -0.4 is 5.46 Å². The van der Waals surface area contributed by atoms with Gasteiger partial charge in [0, 0.05) is 54.6 Å². The van der Waals surface area contributed by atoms with Crippen molar-refractivity contribution in [1.82, 2.24) is 29.9 Å². The van der Waals surface area contributed by atoms with Gasteiger partial charge in [0.2, 0.25) is 10.6 Å². The van der Waals surface area contributed by atoms with Gasteiger partial charge in [0.05, 0.1) is 0 Å². The molecule has 0 radical (unpaired) electrons. The summed E-state index contributed by atoms with van der Waals surface area (Å²) in [6.07, 6.45) is 0. The Bertz CT molecular complexity index is 5350. The maximum atomic E-state index is 9.31. The van der Waals surface area contributed by atoms with Crippen LogP contribution in [0.25, 0.3) is 155 Å². The van der Waals surface area contributed by atoms with Crippen molar-refractivity contribution in [3.63, 3.8) is 0 Å². The molecule has 5 heterocycles. The van der Waals surface area contributed by atoms with Crippen LogP contribution in [0, 0.1) is 0 Å². The first kappa shape index (κ1) is 53.8. The largest absolute Gasteiger partial charge is 0.489 e. The molecule has 418 valence electrons. The second-order valence-electron chi connectivity index (χ2n) is 21.0. The summed E-state index contributed by atoms with van der Waals surface area (Å²) in [5.74, 6) is 2.21. The number of aromatic nitrogens is 6. The number of nitrogens with zero attached hydrogens (tertiary/aromatic N) is 6. The molecule has 5 aromatic heterocycles. The number of rotatable bonds is 7. The molecule has 11 nitrogen and oxygen atoms in total. The van der Waals surface area contributed by atoms with Crippen LogP contribution in [-0.2, 0) is 0 Å². The molecule has 0 bridgehead atoms. The van der Waals surface area contributed by atoms with Crippen molar-refractivity contribution >= 4 is 123 Å². The van der Waals surface area contributed by atoms with Crippen LogP contribution >= 0.6 is 23.2 Å². The van der Waals surface area contributed by atoms with Gasteiger partial charge in [0.15, 0.2) is 23.3 Å². The van der Waals surface area contributed by atoms with Gasteiger partial charge in [0.1, 0.15) is 33.5 Å². The molecule has 0 aliphatic heterocycles. The van der Waals surface area contributed by atoms with Crippen LogP contribution in [0.5, 0.6) is 0 Å². The Balaban J connectivity index is 0.000000134. The summed E-state index contributed by atoms with van der Waals surface area (Å²) < 4.78 is 18.1. The minimum atomic E-state index is -1.48. The van der Waals surface area contributed by atoms with Crippen LogP contribution in [0.2, 0.25) is 10.6 Å². The zero-order valence-corrected chi connectivity index (χ0v) is 48.0. The predicted molar refractivity (Wildman–Crippen MR) is 355 cm³/mol. The van der Waals surface area contributed by atoms with E-state index in [1.165, 1.54) is 21.5 Å². The molecular formula is C74H45BCl2N6O5. The molecule has 0 fully saturated rings. The molecule has 0 aliphatic carbocycles. The molecule has 14 heteroatoms. The Kier molecular flexibility index (Phi) is 14.0. The van der Waals surface area contributed by atoms with Gasteiger partial charge in [-0.05, 0) is 121 Å². The van der Waals surface area contributed by atoms with E-state index in [9.17, 15) is 10.0 Å². The minimum absolute atomic E-state index is 0.0867. The number of furan rings is 3. The number of benzene rings is 12. The third-order valence-corrected chi connectivity index (χ3v) is 16.0. The van der Waals surface area contributed by atoms with Gasteiger partial charge in [0.25, 0.3) is 0 Å². The molecule has 0 spiro atoms. The molecule has 0 aliphatic rings. The standard InChI is InChI=1S/C43H25N3O2.C19H11Cl2N3.C12H9BO3/c1-2-10-29-25-30(24-21-26(29)9-1)27-19-22-28(23-20-27)41-44-42(33-13-7-17-37-39(33)31-11-3-5-15-35(31)47-37)46-43(45-41)34-14-8-18-38-40(34)32-12-4-6-16-36(32)48-38;20-18-22-17(23-19(21)24-18)14-8-5-13(6-9-14)16-10-7-12-3-1-2-4-15(12)11-16;14-13(15)9-5-3-7-11-12(9)8-4-1-2-6-10(8)16-11/h1-25H;1-11H;1-7,14-15H. The molecule has 12 aromatic carbocycles. The lowest BCUT2D eigenvalue weighted by Gasteiger charge is -2.11. The van der Waals surface area contributed by atoms with E-state index in [4.69, 9.17) is 51.4 Å². The molecular weight excluding hydrogens is 1130 g/mol. The lowest BCUT2D eigenvalue weighted by atomic mass is 9.77. The smallest absolute Gasteiger partial charge is 0.456 e. The van der Waals surface area contributed by atoms with Crippen molar-refractivity contribution in [3.05, 3.63) is 271 Å². The highest BCUT2D eigenvalue weighted by atomic mass is 35.5. The van der Waals surface area contributed by atoms with Gasteiger partial charge in [-0.3, -0.25) is 0 Å². The fourth-order valence-corrected chi connectivity index (χ4v) is 11.9. The van der Waals surface area contributed by atoms with Crippen LogP contribution in [0.1, 0.15) is 0 Å². The molecule has 17 rings (SSSR count). The van der Waals surface area contributed by atoms with Crippen LogP contribution in [0.3, 0.4) is 0 Å². The first-order chi connectivity index (χ1) is 43.2. The lowest BCUT2D eigenvalue weighted by molar-refractivity contribution is 0.426. The fraction of sp³-hybridized carbons (Fsp3) is 0. The Labute approximate surface area is 512 Å². The Morgan fingerprint density at radius 2 is 0.614 bits per heavy atom. The zero-order valence-electron chi connectivity index (χ0n) is 46.5. The summed E-state index contributed by atoms with van der Waals surface area (Å²) in [6.45, 7) is 0. The van der Waals surface area contributed by atoms with E-state index in [-0.39, 0.29) is 10.6 Å². The maximum absolute atomic E-state index is 9.31. The maximum Gasteiger partial charge on any atom is 0.489 e. The van der Waals surface area contributed by atoms with E-state index in [1.807, 2.05) is 127 Å². The van der Waals surface area contributed by atoms with Crippen molar-refractivity contribution in [2.24, 2.45) is 0 Å². The topological polar surface area (TPSA) is 157 Å². The number of para-hydroxylation sites is 3. The second kappa shape index (κ2) is 22.9. The summed E-state index contributed by atoms with van der Waals surface area (Å²) in [4.78, 5) is 27.4. The molecule has 0 unspecified atom stereocenters. The third-order valence-electron chi connectivity index (χ3n) is 15.7. The van der Waals surface area contributed by atoms with E-state index in [1.54, 1.807) is 12.1 Å². The average Bonchev–Trinajstić information content (AvgIpc) is 2.58. The number of hydrogen-bond donors (Lipinski definition) is 2. The van der Waals surface area contributed by atoms with Gasteiger partial charge < -0.3 is 23.3 Å². The van der Waals surface area contributed by atoms with Gasteiger partial charge in [-0.1, -0.05) is 212 Å². The highest BCUT2D eigenvalue weighted by molar-refractivity contribution is 6.62. The first-order valence-corrected chi connectivity index (χ1v) is 29.1. The second-order valence-corrected chi connectivity index (χ2v) is 21.7. The van der Waals surface area contributed by atoms with Crippen LogP contribution in [0.4, 0.5) is 0 Å². The fourth-order valence-electron chi connectivity index (χ4n) is 11.5. The van der Waals surface area contributed by atoms with E-state index in [0.717, 1.165) is 105 Å². The zero-order chi connectivity index (χ0) is 59.2. The van der Waals surface area contributed by atoms with Crippen molar-refractivity contribution < 1.29 is 23.3 Å². The summed E-state index contributed by atoms with van der Waals surface area (Å²) in [5, 5.41) is 29.4. The van der Waals surface area contributed by atoms with E-state index < -0.39 is 7.12 Å². The summed E-state index contributed by atoms with van der Waals surface area (Å²) in [7, 11) is -1.48. The minimum Gasteiger partial charge on any atom is -0.456 e. The van der Waals surface area contributed by atoms with Gasteiger partial charge >= 0.3 is 7.12 Å². The number of hydrogen-bond acceptors (Lipinski definition) is 11. The molecule has 0 amide bonds. The van der Waals surface area contributed by atoms with Gasteiger partial charge in [-0.15, -0.1) is 0 Å². The Morgan fingerprint density at radius 3 is 1.07 bits per heavy atom. The SMILES string of the molecule is Clc1nc(Cl)nc(-c2ccc(-c3ccc4ccccc4c3)cc2)n1.OB(O)c1cccc2oc3ccccc3c12.c1ccc2cc(-c3ccc(-c4nc(-c5cccc6oc7ccccc7c56)nc(-c5cccc6oc7ccccc7c56)n4)cc3)ccc2c1. The lowest BCUT2D eigenvalue weighted by Crippen LogP contribution is -2.30. The van der Waals surface area contributed by atoms with Crippen molar-refractivity contribution in [3.8, 4) is 67.8 Å². The molecule has 88 heavy (non-hydrogen) atoms. The van der Waals surface area contributed by atoms with Crippen molar-refractivity contribution in [2.75, 3.05) is 0 Å². The highest BCUT2D eigenvalue weighted by Gasteiger charge is 2.22.